The molecular weight excluding hydrogens is 367 g/mol. The molecule has 3 aromatic heterocycles. The predicted molar refractivity (Wildman–Crippen MR) is 115 cm³/mol. The molecule has 0 aromatic carbocycles. The summed E-state index contributed by atoms with van der Waals surface area (Å²) >= 11 is 0. The van der Waals surface area contributed by atoms with Crippen LogP contribution in [0, 0.1) is 5.92 Å². The van der Waals surface area contributed by atoms with Gasteiger partial charge in [-0.15, -0.1) is 5.10 Å². The molecule has 0 bridgehead atoms. The number of nitrogens with zero attached hydrogens (tertiary/aromatic N) is 5. The van der Waals surface area contributed by atoms with Crippen LogP contribution < -0.4 is 5.32 Å². The minimum atomic E-state index is -1.33. The van der Waals surface area contributed by atoms with Crippen LogP contribution in [0.5, 0.6) is 0 Å². The van der Waals surface area contributed by atoms with E-state index < -0.39 is 5.67 Å². The Kier molecular flexibility index (Phi) is 5.06. The van der Waals surface area contributed by atoms with Crippen LogP contribution >= 0.6 is 0 Å². The monoisotopic (exact) mass is 394 g/mol. The highest BCUT2D eigenvalue weighted by molar-refractivity contribution is 5.89. The van der Waals surface area contributed by atoms with E-state index in [1.54, 1.807) is 10.7 Å². The van der Waals surface area contributed by atoms with Crippen molar-refractivity contribution in [2.24, 2.45) is 10.9 Å². The molecule has 1 aliphatic heterocycles. The van der Waals surface area contributed by atoms with Gasteiger partial charge in [-0.3, -0.25) is 9.98 Å². The lowest BCUT2D eigenvalue weighted by atomic mass is 9.90. The van der Waals surface area contributed by atoms with Gasteiger partial charge in [-0.05, 0) is 51.8 Å². The first-order valence-electron chi connectivity index (χ1n) is 10.2. The van der Waals surface area contributed by atoms with Gasteiger partial charge in [0.15, 0.2) is 0 Å². The number of fused-ring (bicyclic) bond motifs is 2. The molecule has 6 nitrogen and oxygen atoms in total. The Balaban J connectivity index is 1.63. The number of anilines is 1. The van der Waals surface area contributed by atoms with Gasteiger partial charge < -0.3 is 5.32 Å². The summed E-state index contributed by atoms with van der Waals surface area (Å²) in [6.07, 6.45) is 6.83. The standard InChI is InChI=1S/C22H27FN6/c1-5-6-15-11-19-18(26-14(15)2)8-7-17(27-19)16-9-10-29-20(16)12-24-21(28-29)25-13-22(3,4)23/h7-10,12,15H,5-6,11,13H2,1-4H3,(H,25,28)/t15-/m0/s1. The second kappa shape index (κ2) is 7.54. The molecule has 0 unspecified atom stereocenters. The lowest BCUT2D eigenvalue weighted by molar-refractivity contribution is 0.234. The summed E-state index contributed by atoms with van der Waals surface area (Å²) in [5.74, 6) is 0.869. The molecule has 4 heterocycles. The molecule has 152 valence electrons. The maximum absolute atomic E-state index is 13.7. The molecule has 0 saturated carbocycles. The van der Waals surface area contributed by atoms with Gasteiger partial charge in [-0.25, -0.2) is 13.9 Å². The molecule has 0 amide bonds. The molecule has 0 aliphatic carbocycles. The number of rotatable bonds is 6. The Hall–Kier alpha value is -2.83. The number of hydrogen-bond donors (Lipinski definition) is 1. The molecule has 1 aliphatic rings. The fraction of sp³-hybridized carbons (Fsp3) is 0.455. The summed E-state index contributed by atoms with van der Waals surface area (Å²) in [4.78, 5) is 14.0. The van der Waals surface area contributed by atoms with Crippen molar-refractivity contribution >= 4 is 22.9 Å². The SMILES string of the molecule is CCC[C@H]1Cc2nc(-c3ccn4nc(NCC(C)(C)F)ncc34)ccc2N=C1C. The van der Waals surface area contributed by atoms with E-state index >= 15 is 0 Å². The van der Waals surface area contributed by atoms with E-state index in [-0.39, 0.29) is 6.54 Å². The highest BCUT2D eigenvalue weighted by Gasteiger charge is 2.22. The molecular formula is C22H27FN6. The largest absolute Gasteiger partial charge is 0.350 e. The first-order valence-corrected chi connectivity index (χ1v) is 10.2. The van der Waals surface area contributed by atoms with E-state index in [1.807, 2.05) is 24.4 Å². The molecule has 29 heavy (non-hydrogen) atoms. The molecule has 0 saturated heterocycles. The Morgan fingerprint density at radius 3 is 2.86 bits per heavy atom. The molecule has 0 spiro atoms. The van der Waals surface area contributed by atoms with E-state index in [9.17, 15) is 4.39 Å². The smallest absolute Gasteiger partial charge is 0.241 e. The minimum absolute atomic E-state index is 0.151. The van der Waals surface area contributed by atoms with Gasteiger partial charge in [0.05, 0.1) is 35.3 Å². The van der Waals surface area contributed by atoms with E-state index in [4.69, 9.17) is 9.98 Å². The van der Waals surface area contributed by atoms with Crippen LogP contribution in [0.2, 0.25) is 0 Å². The Morgan fingerprint density at radius 2 is 2.10 bits per heavy atom. The van der Waals surface area contributed by atoms with Gasteiger partial charge in [0, 0.05) is 23.4 Å². The van der Waals surface area contributed by atoms with Crippen LogP contribution in [-0.2, 0) is 6.42 Å². The first kappa shape index (κ1) is 19.5. The summed E-state index contributed by atoms with van der Waals surface area (Å²) in [7, 11) is 0. The average molecular weight is 394 g/mol. The van der Waals surface area contributed by atoms with Gasteiger partial charge in [0.25, 0.3) is 0 Å². The lowest BCUT2D eigenvalue weighted by Crippen LogP contribution is -2.25. The fourth-order valence-electron chi connectivity index (χ4n) is 3.70. The number of nitrogens with one attached hydrogen (secondary N) is 1. The summed E-state index contributed by atoms with van der Waals surface area (Å²) in [6.45, 7) is 7.51. The van der Waals surface area contributed by atoms with Crippen LogP contribution in [0.3, 0.4) is 0 Å². The zero-order valence-corrected chi connectivity index (χ0v) is 17.4. The third kappa shape index (κ3) is 4.13. The van der Waals surface area contributed by atoms with Gasteiger partial charge in [-0.2, -0.15) is 0 Å². The number of halogens is 1. The van der Waals surface area contributed by atoms with Gasteiger partial charge in [0.1, 0.15) is 5.67 Å². The molecule has 1 atom stereocenters. The molecule has 4 rings (SSSR count). The minimum Gasteiger partial charge on any atom is -0.350 e. The summed E-state index contributed by atoms with van der Waals surface area (Å²) < 4.78 is 15.5. The van der Waals surface area contributed by atoms with Crippen molar-refractivity contribution in [1.82, 2.24) is 19.6 Å². The Morgan fingerprint density at radius 1 is 1.28 bits per heavy atom. The van der Waals surface area contributed by atoms with E-state index in [0.717, 1.165) is 47.4 Å². The maximum atomic E-state index is 13.7. The van der Waals surface area contributed by atoms with Crippen molar-refractivity contribution in [3.63, 3.8) is 0 Å². The van der Waals surface area contributed by atoms with Crippen LogP contribution in [0.15, 0.2) is 35.6 Å². The van der Waals surface area contributed by atoms with Crippen molar-refractivity contribution in [3.8, 4) is 11.3 Å². The number of aromatic nitrogens is 4. The number of pyridine rings is 1. The van der Waals surface area contributed by atoms with Gasteiger partial charge in [0.2, 0.25) is 5.95 Å². The van der Waals surface area contributed by atoms with Crippen molar-refractivity contribution in [3.05, 3.63) is 36.3 Å². The molecule has 3 aromatic rings. The highest BCUT2D eigenvalue weighted by atomic mass is 19.1. The number of hydrogen-bond acceptors (Lipinski definition) is 5. The molecule has 1 N–H and O–H groups in total. The van der Waals surface area contributed by atoms with Crippen LogP contribution in [0.4, 0.5) is 16.0 Å². The Labute approximate surface area is 170 Å². The van der Waals surface area contributed by atoms with Crippen molar-refractivity contribution in [1.29, 1.82) is 0 Å². The third-order valence-electron chi connectivity index (χ3n) is 5.27. The van der Waals surface area contributed by atoms with Gasteiger partial charge in [-0.1, -0.05) is 13.3 Å². The zero-order chi connectivity index (χ0) is 20.6. The summed E-state index contributed by atoms with van der Waals surface area (Å²) in [6, 6.07) is 6.04. The van der Waals surface area contributed by atoms with Crippen molar-refractivity contribution in [2.45, 2.75) is 52.6 Å². The second-order valence-electron chi connectivity index (χ2n) is 8.32. The first-order chi connectivity index (χ1) is 13.8. The maximum Gasteiger partial charge on any atom is 0.241 e. The van der Waals surface area contributed by atoms with E-state index in [0.29, 0.717) is 11.9 Å². The number of alkyl halides is 1. The zero-order valence-electron chi connectivity index (χ0n) is 17.4. The Bertz CT molecular complexity index is 1060. The van der Waals surface area contributed by atoms with Crippen LogP contribution in [0.1, 0.15) is 46.2 Å². The van der Waals surface area contributed by atoms with E-state index in [2.05, 4.69) is 29.2 Å². The number of aliphatic imine (C=N–C) groups is 1. The normalized spacial score (nSPS) is 16.6. The third-order valence-corrected chi connectivity index (χ3v) is 5.27. The second-order valence-corrected chi connectivity index (χ2v) is 8.32. The molecule has 7 heteroatoms. The van der Waals surface area contributed by atoms with Crippen LogP contribution in [-0.4, -0.2) is 37.5 Å². The van der Waals surface area contributed by atoms with Gasteiger partial charge >= 0.3 is 0 Å². The predicted octanol–water partition coefficient (Wildman–Crippen LogP) is 5.02. The molecule has 0 radical (unpaired) electrons. The van der Waals surface area contributed by atoms with Crippen molar-refractivity contribution < 1.29 is 4.39 Å². The topological polar surface area (TPSA) is 67.5 Å². The average Bonchev–Trinajstić information content (AvgIpc) is 3.09. The summed E-state index contributed by atoms with van der Waals surface area (Å²) in [5, 5.41) is 7.38. The summed E-state index contributed by atoms with van der Waals surface area (Å²) in [5.41, 5.74) is 4.63. The van der Waals surface area contributed by atoms with Crippen LogP contribution in [0.25, 0.3) is 16.8 Å². The van der Waals surface area contributed by atoms with E-state index in [1.165, 1.54) is 19.6 Å². The fourth-order valence-corrected chi connectivity index (χ4v) is 3.70. The highest BCUT2D eigenvalue weighted by Crippen LogP contribution is 2.33. The lowest BCUT2D eigenvalue weighted by Gasteiger charge is -2.22. The molecule has 0 fully saturated rings. The quantitative estimate of drug-likeness (QED) is 0.638. The van der Waals surface area contributed by atoms with Crippen molar-refractivity contribution in [2.75, 3.05) is 11.9 Å².